The van der Waals surface area contributed by atoms with Gasteiger partial charge in [-0.25, -0.2) is 0 Å². The number of pyridine rings is 1. The Labute approximate surface area is 97.3 Å². The number of unbranched alkanes of at least 4 members (excludes halogenated alkanes) is 1. The van der Waals surface area contributed by atoms with Crippen LogP contribution in [0.25, 0.3) is 0 Å². The van der Waals surface area contributed by atoms with Crippen LogP contribution in [0.1, 0.15) is 25.5 Å². The molecule has 84 valence electrons. The minimum atomic E-state index is 0.765. The third-order valence-electron chi connectivity index (χ3n) is 2.42. The van der Waals surface area contributed by atoms with Crippen molar-refractivity contribution in [1.82, 2.24) is 9.88 Å². The fourth-order valence-corrected chi connectivity index (χ4v) is 1.69. The minimum absolute atomic E-state index is 0.765. The van der Waals surface area contributed by atoms with Gasteiger partial charge in [-0.15, -0.1) is 11.6 Å². The first-order chi connectivity index (χ1) is 7.36. The van der Waals surface area contributed by atoms with Gasteiger partial charge in [0.05, 0.1) is 5.69 Å². The molecule has 1 heterocycles. The summed E-state index contributed by atoms with van der Waals surface area (Å²) < 4.78 is 0. The van der Waals surface area contributed by atoms with Crippen LogP contribution >= 0.6 is 11.6 Å². The maximum Gasteiger partial charge on any atom is 0.0543 e. The van der Waals surface area contributed by atoms with Crippen molar-refractivity contribution in [2.75, 3.05) is 19.0 Å². The van der Waals surface area contributed by atoms with Crippen molar-refractivity contribution in [3.63, 3.8) is 0 Å². The molecular weight excluding hydrogens is 208 g/mol. The maximum absolute atomic E-state index is 5.66. The van der Waals surface area contributed by atoms with E-state index < -0.39 is 0 Å². The van der Waals surface area contributed by atoms with Crippen LogP contribution in [-0.2, 0) is 6.54 Å². The Morgan fingerprint density at radius 3 is 2.80 bits per heavy atom. The van der Waals surface area contributed by atoms with Gasteiger partial charge in [-0.2, -0.15) is 0 Å². The third kappa shape index (κ3) is 5.14. The molecule has 0 amide bonds. The van der Waals surface area contributed by atoms with Gasteiger partial charge in [0.15, 0.2) is 0 Å². The van der Waals surface area contributed by atoms with E-state index in [1.54, 1.807) is 0 Å². The lowest BCUT2D eigenvalue weighted by Gasteiger charge is -2.19. The maximum atomic E-state index is 5.66. The van der Waals surface area contributed by atoms with Gasteiger partial charge in [0, 0.05) is 18.6 Å². The van der Waals surface area contributed by atoms with Gasteiger partial charge in [-0.05, 0) is 38.1 Å². The summed E-state index contributed by atoms with van der Waals surface area (Å²) in [5.74, 6) is 0.765. The van der Waals surface area contributed by atoms with Gasteiger partial charge in [0.2, 0.25) is 0 Å². The van der Waals surface area contributed by atoms with Gasteiger partial charge in [-0.1, -0.05) is 13.0 Å². The quantitative estimate of drug-likeness (QED) is 0.525. The minimum Gasteiger partial charge on any atom is -0.298 e. The normalized spacial score (nSPS) is 10.9. The summed E-state index contributed by atoms with van der Waals surface area (Å²) >= 11 is 5.66. The summed E-state index contributed by atoms with van der Waals surface area (Å²) in [5.41, 5.74) is 1.14. The highest BCUT2D eigenvalue weighted by molar-refractivity contribution is 6.17. The Kier molecular flexibility index (Phi) is 6.37. The lowest BCUT2D eigenvalue weighted by molar-refractivity contribution is 0.272. The first kappa shape index (κ1) is 12.5. The number of hydrogen-bond acceptors (Lipinski definition) is 2. The highest BCUT2D eigenvalue weighted by Gasteiger charge is 2.03. The lowest BCUT2D eigenvalue weighted by Crippen LogP contribution is -2.24. The number of halogens is 1. The second kappa shape index (κ2) is 7.66. The predicted molar refractivity (Wildman–Crippen MR) is 65.1 cm³/mol. The fraction of sp³-hybridized carbons (Fsp3) is 0.583. The summed E-state index contributed by atoms with van der Waals surface area (Å²) in [6, 6.07) is 6.06. The highest BCUT2D eigenvalue weighted by Crippen LogP contribution is 2.03. The molecule has 0 aliphatic carbocycles. The zero-order chi connectivity index (χ0) is 10.9. The molecular formula is C12H19ClN2. The molecule has 2 nitrogen and oxygen atoms in total. The molecule has 0 radical (unpaired) electrons. The average Bonchev–Trinajstić information content (AvgIpc) is 2.29. The first-order valence-corrected chi connectivity index (χ1v) is 6.08. The SMILES string of the molecule is CCN(CCCCCl)Cc1ccccn1. The van der Waals surface area contributed by atoms with E-state index in [0.29, 0.717) is 0 Å². The number of aromatic nitrogens is 1. The molecule has 1 rings (SSSR count). The molecule has 0 unspecified atom stereocenters. The number of nitrogens with zero attached hydrogens (tertiary/aromatic N) is 2. The smallest absolute Gasteiger partial charge is 0.0543 e. The van der Waals surface area contributed by atoms with Crippen molar-refractivity contribution in [1.29, 1.82) is 0 Å². The Balaban J connectivity index is 2.33. The number of hydrogen-bond donors (Lipinski definition) is 0. The Morgan fingerprint density at radius 2 is 2.20 bits per heavy atom. The Hall–Kier alpha value is -0.600. The van der Waals surface area contributed by atoms with Crippen molar-refractivity contribution in [3.05, 3.63) is 30.1 Å². The van der Waals surface area contributed by atoms with Crippen LogP contribution < -0.4 is 0 Å². The van der Waals surface area contributed by atoms with Crippen molar-refractivity contribution >= 4 is 11.6 Å². The molecule has 1 aromatic rings. The van der Waals surface area contributed by atoms with E-state index in [9.17, 15) is 0 Å². The van der Waals surface area contributed by atoms with Gasteiger partial charge in [-0.3, -0.25) is 9.88 Å². The van der Waals surface area contributed by atoms with Crippen LogP contribution in [0.5, 0.6) is 0 Å². The van der Waals surface area contributed by atoms with Gasteiger partial charge >= 0.3 is 0 Å². The van der Waals surface area contributed by atoms with Gasteiger partial charge in [0.1, 0.15) is 0 Å². The molecule has 0 saturated carbocycles. The van der Waals surface area contributed by atoms with E-state index in [0.717, 1.165) is 37.6 Å². The van der Waals surface area contributed by atoms with E-state index >= 15 is 0 Å². The molecule has 0 N–H and O–H groups in total. The molecule has 1 aromatic heterocycles. The van der Waals surface area contributed by atoms with E-state index in [2.05, 4.69) is 22.9 Å². The molecule has 0 saturated heterocycles. The van der Waals surface area contributed by atoms with Gasteiger partial charge in [0.25, 0.3) is 0 Å². The largest absolute Gasteiger partial charge is 0.298 e. The Bertz CT molecular complexity index is 251. The van der Waals surface area contributed by atoms with Crippen LogP contribution in [0.2, 0.25) is 0 Å². The molecule has 0 fully saturated rings. The molecule has 3 heteroatoms. The van der Waals surface area contributed by atoms with E-state index in [-0.39, 0.29) is 0 Å². The molecule has 0 aromatic carbocycles. The summed E-state index contributed by atoms with van der Waals surface area (Å²) in [6.45, 7) is 5.31. The number of alkyl halides is 1. The predicted octanol–water partition coefficient (Wildman–Crippen LogP) is 2.92. The molecule has 0 atom stereocenters. The third-order valence-corrected chi connectivity index (χ3v) is 2.68. The van der Waals surface area contributed by atoms with Crippen LogP contribution in [-0.4, -0.2) is 28.9 Å². The fourth-order valence-electron chi connectivity index (χ4n) is 1.50. The van der Waals surface area contributed by atoms with Gasteiger partial charge < -0.3 is 0 Å². The van der Waals surface area contributed by atoms with E-state index in [1.165, 1.54) is 6.42 Å². The monoisotopic (exact) mass is 226 g/mol. The molecule has 0 bridgehead atoms. The molecule has 0 spiro atoms. The lowest BCUT2D eigenvalue weighted by atomic mass is 10.3. The zero-order valence-electron chi connectivity index (χ0n) is 9.32. The van der Waals surface area contributed by atoms with Crippen molar-refractivity contribution in [2.24, 2.45) is 0 Å². The molecule has 0 aliphatic heterocycles. The van der Waals surface area contributed by atoms with Crippen molar-refractivity contribution in [3.8, 4) is 0 Å². The number of rotatable bonds is 7. The second-order valence-corrected chi connectivity index (χ2v) is 3.96. The summed E-state index contributed by atoms with van der Waals surface area (Å²) in [6.07, 6.45) is 4.12. The molecule has 0 aliphatic rings. The standard InChI is InChI=1S/C12H19ClN2/c1-2-15(10-6-4-8-13)11-12-7-3-5-9-14-12/h3,5,7,9H,2,4,6,8,10-11H2,1H3. The Morgan fingerprint density at radius 1 is 1.33 bits per heavy atom. The molecule has 15 heavy (non-hydrogen) atoms. The average molecular weight is 227 g/mol. The van der Waals surface area contributed by atoms with Crippen LogP contribution in [0, 0.1) is 0 Å². The summed E-state index contributed by atoms with van der Waals surface area (Å²) in [5, 5.41) is 0. The van der Waals surface area contributed by atoms with E-state index in [1.807, 2.05) is 18.3 Å². The van der Waals surface area contributed by atoms with Crippen molar-refractivity contribution in [2.45, 2.75) is 26.3 Å². The van der Waals surface area contributed by atoms with Crippen LogP contribution in [0.4, 0.5) is 0 Å². The van der Waals surface area contributed by atoms with Crippen LogP contribution in [0.3, 0.4) is 0 Å². The summed E-state index contributed by atoms with van der Waals surface area (Å²) in [4.78, 5) is 6.72. The second-order valence-electron chi connectivity index (χ2n) is 3.59. The highest BCUT2D eigenvalue weighted by atomic mass is 35.5. The first-order valence-electron chi connectivity index (χ1n) is 5.55. The van der Waals surface area contributed by atoms with Crippen LogP contribution in [0.15, 0.2) is 24.4 Å². The summed E-state index contributed by atoms with van der Waals surface area (Å²) in [7, 11) is 0. The van der Waals surface area contributed by atoms with Crippen molar-refractivity contribution < 1.29 is 0 Å². The zero-order valence-corrected chi connectivity index (χ0v) is 10.1. The van der Waals surface area contributed by atoms with E-state index in [4.69, 9.17) is 11.6 Å². The topological polar surface area (TPSA) is 16.1 Å².